The number of nitrogens with zero attached hydrogens (tertiary/aromatic N) is 2. The molecule has 2 rings (SSSR count). The lowest BCUT2D eigenvalue weighted by atomic mass is 10.0. The fraction of sp³-hybridized carbons (Fsp3) is 0.231. The van der Waals surface area contributed by atoms with Gasteiger partial charge in [-0.25, -0.2) is 9.97 Å². The van der Waals surface area contributed by atoms with Gasteiger partial charge in [0.15, 0.2) is 0 Å². The second-order valence-corrected chi connectivity index (χ2v) is 3.77. The Bertz CT molecular complexity index is 414. The van der Waals surface area contributed by atoms with Gasteiger partial charge in [-0.05, 0) is 17.5 Å². The van der Waals surface area contributed by atoms with Crippen LogP contribution in [0.3, 0.4) is 0 Å². The van der Waals surface area contributed by atoms with Crippen LogP contribution in [-0.2, 0) is 0 Å². The van der Waals surface area contributed by atoms with Gasteiger partial charge in [-0.15, -0.1) is 0 Å². The summed E-state index contributed by atoms with van der Waals surface area (Å²) in [7, 11) is 0. The highest BCUT2D eigenvalue weighted by molar-refractivity contribution is 5.26. The maximum Gasteiger partial charge on any atom is 0.222 e. The summed E-state index contributed by atoms with van der Waals surface area (Å²) in [4.78, 5) is 8.24. The first kappa shape index (κ1) is 10.6. The molecule has 0 radical (unpaired) electrons. The van der Waals surface area contributed by atoms with E-state index in [1.807, 2.05) is 12.1 Å². The molecule has 3 nitrogen and oxygen atoms in total. The summed E-state index contributed by atoms with van der Waals surface area (Å²) < 4.78 is 0. The van der Waals surface area contributed by atoms with Gasteiger partial charge in [0.25, 0.3) is 0 Å². The number of hydrogen-bond donors (Lipinski definition) is 1. The lowest BCUT2D eigenvalue weighted by molar-refractivity contribution is 0.797. The fourth-order valence-corrected chi connectivity index (χ4v) is 1.53. The molecule has 0 fully saturated rings. The summed E-state index contributed by atoms with van der Waals surface area (Å²) in [5.41, 5.74) is 1.32. The van der Waals surface area contributed by atoms with Crippen molar-refractivity contribution >= 4 is 5.95 Å². The molecule has 0 aliphatic rings. The van der Waals surface area contributed by atoms with Crippen LogP contribution in [-0.4, -0.2) is 16.5 Å². The Hall–Kier alpha value is -1.90. The zero-order chi connectivity index (χ0) is 11.2. The minimum absolute atomic E-state index is 0.449. The molecule has 1 atom stereocenters. The van der Waals surface area contributed by atoms with Crippen LogP contribution in [0.1, 0.15) is 18.4 Å². The van der Waals surface area contributed by atoms with E-state index in [-0.39, 0.29) is 0 Å². The second kappa shape index (κ2) is 5.26. The Morgan fingerprint density at radius 3 is 2.44 bits per heavy atom. The molecule has 0 bridgehead atoms. The molecule has 0 aliphatic heterocycles. The summed E-state index contributed by atoms with van der Waals surface area (Å²) >= 11 is 0. The van der Waals surface area contributed by atoms with Gasteiger partial charge >= 0.3 is 0 Å². The smallest absolute Gasteiger partial charge is 0.222 e. The van der Waals surface area contributed by atoms with Gasteiger partial charge in [0.1, 0.15) is 0 Å². The van der Waals surface area contributed by atoms with Crippen molar-refractivity contribution in [3.8, 4) is 0 Å². The molecule has 0 saturated heterocycles. The zero-order valence-electron chi connectivity index (χ0n) is 9.30. The molecule has 16 heavy (non-hydrogen) atoms. The Kier molecular flexibility index (Phi) is 3.49. The maximum absolute atomic E-state index is 4.12. The molecule has 1 aromatic heterocycles. The average Bonchev–Trinajstić information content (AvgIpc) is 2.38. The van der Waals surface area contributed by atoms with Crippen molar-refractivity contribution in [2.75, 3.05) is 11.9 Å². The molecule has 2 aromatic rings. The van der Waals surface area contributed by atoms with Gasteiger partial charge in [-0.3, -0.25) is 0 Å². The topological polar surface area (TPSA) is 37.8 Å². The first-order chi connectivity index (χ1) is 7.86. The Labute approximate surface area is 95.6 Å². The molecule has 1 N–H and O–H groups in total. The first-order valence-electron chi connectivity index (χ1n) is 5.42. The highest BCUT2D eigenvalue weighted by atomic mass is 15.1. The fourth-order valence-electron chi connectivity index (χ4n) is 1.53. The molecule has 0 aliphatic carbocycles. The van der Waals surface area contributed by atoms with Crippen LogP contribution in [0.5, 0.6) is 0 Å². The van der Waals surface area contributed by atoms with E-state index in [1.54, 1.807) is 12.4 Å². The van der Waals surface area contributed by atoms with Crippen molar-refractivity contribution in [3.63, 3.8) is 0 Å². The van der Waals surface area contributed by atoms with E-state index in [9.17, 15) is 0 Å². The first-order valence-corrected chi connectivity index (χ1v) is 5.42. The van der Waals surface area contributed by atoms with Gasteiger partial charge in [0.2, 0.25) is 5.95 Å². The lowest BCUT2D eigenvalue weighted by Crippen LogP contribution is -2.11. The van der Waals surface area contributed by atoms with Crippen molar-refractivity contribution < 1.29 is 0 Å². The third-order valence-electron chi connectivity index (χ3n) is 2.50. The van der Waals surface area contributed by atoms with E-state index in [0.29, 0.717) is 11.9 Å². The predicted octanol–water partition coefficient (Wildman–Crippen LogP) is 2.69. The predicted molar refractivity (Wildman–Crippen MR) is 65.4 cm³/mol. The van der Waals surface area contributed by atoms with Crippen molar-refractivity contribution in [1.29, 1.82) is 0 Å². The molecule has 0 spiro atoms. The normalized spacial score (nSPS) is 12.1. The molecule has 1 aromatic carbocycles. The van der Waals surface area contributed by atoms with Gasteiger partial charge in [-0.1, -0.05) is 37.3 Å². The molecule has 0 amide bonds. The summed E-state index contributed by atoms with van der Waals surface area (Å²) in [6, 6.07) is 12.2. The molecule has 1 heterocycles. The maximum atomic E-state index is 4.12. The van der Waals surface area contributed by atoms with Crippen molar-refractivity contribution in [2.45, 2.75) is 12.8 Å². The zero-order valence-corrected chi connectivity index (χ0v) is 9.30. The molecule has 3 heteroatoms. The highest BCUT2D eigenvalue weighted by Gasteiger charge is 2.04. The quantitative estimate of drug-likeness (QED) is 0.848. The lowest BCUT2D eigenvalue weighted by Gasteiger charge is -2.12. The van der Waals surface area contributed by atoms with Gasteiger partial charge in [0, 0.05) is 18.9 Å². The third-order valence-corrected chi connectivity index (χ3v) is 2.50. The van der Waals surface area contributed by atoms with Gasteiger partial charge < -0.3 is 5.32 Å². The summed E-state index contributed by atoms with van der Waals surface area (Å²) in [5.74, 6) is 1.13. The van der Waals surface area contributed by atoms with Crippen molar-refractivity contribution in [2.24, 2.45) is 0 Å². The number of nitrogens with one attached hydrogen (secondary N) is 1. The largest absolute Gasteiger partial charge is 0.354 e. The highest BCUT2D eigenvalue weighted by Crippen LogP contribution is 2.14. The van der Waals surface area contributed by atoms with Crippen LogP contribution in [0, 0.1) is 0 Å². The van der Waals surface area contributed by atoms with E-state index < -0.39 is 0 Å². The van der Waals surface area contributed by atoms with Crippen LogP contribution in [0.2, 0.25) is 0 Å². The molecule has 1 unspecified atom stereocenters. The van der Waals surface area contributed by atoms with E-state index in [4.69, 9.17) is 0 Å². The third kappa shape index (κ3) is 2.79. The minimum Gasteiger partial charge on any atom is -0.354 e. The van der Waals surface area contributed by atoms with Crippen molar-refractivity contribution in [1.82, 2.24) is 9.97 Å². The number of rotatable bonds is 4. The number of aromatic nitrogens is 2. The van der Waals surface area contributed by atoms with E-state index >= 15 is 0 Å². The minimum atomic E-state index is 0.449. The van der Waals surface area contributed by atoms with Gasteiger partial charge in [0.05, 0.1) is 0 Å². The molecular formula is C13H15N3. The average molecular weight is 213 g/mol. The Balaban J connectivity index is 1.92. The van der Waals surface area contributed by atoms with Crippen LogP contribution in [0.15, 0.2) is 48.8 Å². The summed E-state index contributed by atoms with van der Waals surface area (Å²) in [5, 5.41) is 3.22. The molecular weight excluding hydrogens is 198 g/mol. The number of anilines is 1. The van der Waals surface area contributed by atoms with Crippen LogP contribution in [0.25, 0.3) is 0 Å². The monoisotopic (exact) mass is 213 g/mol. The van der Waals surface area contributed by atoms with Crippen LogP contribution in [0.4, 0.5) is 5.95 Å². The van der Waals surface area contributed by atoms with E-state index in [0.717, 1.165) is 6.54 Å². The Morgan fingerprint density at radius 2 is 1.75 bits per heavy atom. The van der Waals surface area contributed by atoms with E-state index in [1.165, 1.54) is 5.56 Å². The van der Waals surface area contributed by atoms with E-state index in [2.05, 4.69) is 46.5 Å². The van der Waals surface area contributed by atoms with Crippen LogP contribution >= 0.6 is 0 Å². The summed E-state index contributed by atoms with van der Waals surface area (Å²) in [6.07, 6.45) is 3.48. The molecule has 0 saturated carbocycles. The molecule has 82 valence electrons. The SMILES string of the molecule is CC(CNc1ncccn1)c1ccccc1. The van der Waals surface area contributed by atoms with Crippen molar-refractivity contribution in [3.05, 3.63) is 54.4 Å². The number of benzene rings is 1. The van der Waals surface area contributed by atoms with Crippen LogP contribution < -0.4 is 5.32 Å². The number of hydrogen-bond acceptors (Lipinski definition) is 3. The summed E-state index contributed by atoms with van der Waals surface area (Å²) in [6.45, 7) is 3.03. The standard InChI is InChI=1S/C13H15N3/c1-11(12-6-3-2-4-7-12)10-16-13-14-8-5-9-15-13/h2-9,11H,10H2,1H3,(H,14,15,16). The Morgan fingerprint density at radius 1 is 1.06 bits per heavy atom. The second-order valence-electron chi connectivity index (χ2n) is 3.77. The van der Waals surface area contributed by atoms with Gasteiger partial charge in [-0.2, -0.15) is 0 Å².